The topological polar surface area (TPSA) is 40.5 Å². The highest BCUT2D eigenvalue weighted by atomic mass is 16.5. The summed E-state index contributed by atoms with van der Waals surface area (Å²) >= 11 is 0. The number of para-hydroxylation sites is 1. The molecule has 1 unspecified atom stereocenters. The van der Waals surface area contributed by atoms with E-state index in [-0.39, 0.29) is 11.7 Å². The molecule has 0 saturated carbocycles. The van der Waals surface area contributed by atoms with Crippen LogP contribution in [0.15, 0.2) is 59.9 Å². The van der Waals surface area contributed by atoms with Crippen LogP contribution in [0, 0.1) is 0 Å². The molecule has 24 heavy (non-hydrogen) atoms. The van der Waals surface area contributed by atoms with Gasteiger partial charge in [-0.2, -0.15) is 0 Å². The lowest BCUT2D eigenvalue weighted by Gasteiger charge is -2.28. The van der Waals surface area contributed by atoms with E-state index in [1.807, 2.05) is 42.5 Å². The molecule has 2 aromatic carbocycles. The smallest absolute Gasteiger partial charge is 0.262 e. The van der Waals surface area contributed by atoms with Gasteiger partial charge in [0.2, 0.25) is 0 Å². The first-order valence-corrected chi connectivity index (χ1v) is 7.75. The number of methoxy groups -OCH3 is 1. The van der Waals surface area contributed by atoms with E-state index < -0.39 is 0 Å². The first-order chi connectivity index (χ1) is 11.7. The lowest BCUT2D eigenvalue weighted by molar-refractivity contribution is 0.254. The van der Waals surface area contributed by atoms with Crippen molar-refractivity contribution >= 4 is 10.9 Å². The van der Waals surface area contributed by atoms with Gasteiger partial charge in [-0.05, 0) is 42.0 Å². The van der Waals surface area contributed by atoms with Gasteiger partial charge in [-0.3, -0.25) is 4.79 Å². The average Bonchev–Trinajstić information content (AvgIpc) is 2.64. The Morgan fingerprint density at radius 3 is 2.79 bits per heavy atom. The normalized spacial score (nSPS) is 15.3. The minimum atomic E-state index is -0.321. The van der Waals surface area contributed by atoms with Crippen LogP contribution >= 0.6 is 0 Å². The van der Waals surface area contributed by atoms with Crippen LogP contribution in [0.5, 0.6) is 11.5 Å². The molecule has 1 atom stereocenters. The number of aromatic nitrogens is 1. The molecule has 3 aromatic rings. The summed E-state index contributed by atoms with van der Waals surface area (Å²) in [5, 5.41) is 0.919. The Morgan fingerprint density at radius 1 is 1.25 bits per heavy atom. The van der Waals surface area contributed by atoms with Gasteiger partial charge in [0.1, 0.15) is 17.6 Å². The van der Waals surface area contributed by atoms with E-state index in [1.54, 1.807) is 24.8 Å². The third-order valence-corrected chi connectivity index (χ3v) is 4.55. The fourth-order valence-corrected chi connectivity index (χ4v) is 3.32. The van der Waals surface area contributed by atoms with E-state index in [0.29, 0.717) is 11.3 Å². The van der Waals surface area contributed by atoms with Crippen molar-refractivity contribution < 1.29 is 9.47 Å². The third-order valence-electron chi connectivity index (χ3n) is 4.55. The zero-order valence-corrected chi connectivity index (χ0v) is 13.6. The second-order valence-corrected chi connectivity index (χ2v) is 5.81. The highest BCUT2D eigenvalue weighted by molar-refractivity contribution is 5.94. The van der Waals surface area contributed by atoms with Gasteiger partial charge >= 0.3 is 0 Å². The van der Waals surface area contributed by atoms with Gasteiger partial charge in [0.25, 0.3) is 5.56 Å². The summed E-state index contributed by atoms with van der Waals surface area (Å²) in [6.45, 7) is 3.88. The lowest BCUT2D eigenvalue weighted by Crippen LogP contribution is -2.24. The summed E-state index contributed by atoms with van der Waals surface area (Å²) in [4.78, 5) is 13.0. The minimum Gasteiger partial charge on any atom is -0.497 e. The fraction of sp³-hybridized carbons (Fsp3) is 0.150. The fourth-order valence-electron chi connectivity index (χ4n) is 3.32. The summed E-state index contributed by atoms with van der Waals surface area (Å²) in [6, 6.07) is 13.4. The number of aryl methyl sites for hydroxylation is 1. The van der Waals surface area contributed by atoms with Gasteiger partial charge in [0, 0.05) is 18.0 Å². The molecule has 0 spiro atoms. The van der Waals surface area contributed by atoms with Crippen molar-refractivity contribution in [1.82, 2.24) is 4.57 Å². The van der Waals surface area contributed by atoms with Crippen LogP contribution in [0.2, 0.25) is 0 Å². The molecule has 4 heteroatoms. The van der Waals surface area contributed by atoms with Gasteiger partial charge in [-0.15, -0.1) is 0 Å². The second kappa shape index (κ2) is 5.27. The molecule has 0 N–H and O–H groups in total. The summed E-state index contributed by atoms with van der Waals surface area (Å²) in [6.07, 6.45) is 1.42. The van der Waals surface area contributed by atoms with Crippen LogP contribution in [0.3, 0.4) is 0 Å². The standard InChI is InChI=1S/C20H17NO3/c1-4-17-15-11-12(23-3)9-10-13(15)18-19(24-17)14-7-5-6-8-16(14)21(2)20(18)22/h4-11,17H,1H2,2-3H3. The number of pyridine rings is 1. The van der Waals surface area contributed by atoms with Crippen molar-refractivity contribution in [3.05, 3.63) is 71.0 Å². The van der Waals surface area contributed by atoms with Gasteiger partial charge < -0.3 is 14.0 Å². The first-order valence-electron chi connectivity index (χ1n) is 7.75. The zero-order valence-electron chi connectivity index (χ0n) is 13.6. The number of rotatable bonds is 2. The Hall–Kier alpha value is -3.01. The molecule has 0 amide bonds. The van der Waals surface area contributed by atoms with E-state index >= 15 is 0 Å². The third kappa shape index (κ3) is 1.89. The number of fused-ring (bicyclic) bond motifs is 5. The van der Waals surface area contributed by atoms with Crippen LogP contribution in [-0.2, 0) is 7.05 Å². The van der Waals surface area contributed by atoms with Crippen molar-refractivity contribution in [3.8, 4) is 22.6 Å². The Labute approximate surface area is 139 Å². The van der Waals surface area contributed by atoms with Gasteiger partial charge in [0.15, 0.2) is 0 Å². The maximum Gasteiger partial charge on any atom is 0.262 e. The van der Waals surface area contributed by atoms with Gasteiger partial charge in [-0.25, -0.2) is 0 Å². The van der Waals surface area contributed by atoms with Gasteiger partial charge in [-0.1, -0.05) is 18.7 Å². The maximum atomic E-state index is 13.0. The number of ether oxygens (including phenoxy) is 2. The van der Waals surface area contributed by atoms with E-state index in [1.165, 1.54) is 0 Å². The summed E-state index contributed by atoms with van der Waals surface area (Å²) < 4.78 is 13.1. The largest absolute Gasteiger partial charge is 0.497 e. The summed E-state index contributed by atoms with van der Waals surface area (Å²) in [5.41, 5.74) is 3.13. The van der Waals surface area contributed by atoms with Crippen molar-refractivity contribution in [2.24, 2.45) is 7.05 Å². The molecule has 4 nitrogen and oxygen atoms in total. The molecule has 0 bridgehead atoms. The highest BCUT2D eigenvalue weighted by Gasteiger charge is 2.29. The monoisotopic (exact) mass is 319 g/mol. The Bertz CT molecular complexity index is 1030. The maximum absolute atomic E-state index is 13.0. The van der Waals surface area contributed by atoms with Crippen LogP contribution < -0.4 is 15.0 Å². The highest BCUT2D eigenvalue weighted by Crippen LogP contribution is 2.45. The number of nitrogens with zero attached hydrogens (tertiary/aromatic N) is 1. The molecule has 0 aliphatic carbocycles. The van der Waals surface area contributed by atoms with Crippen molar-refractivity contribution in [1.29, 1.82) is 0 Å². The number of hydrogen-bond donors (Lipinski definition) is 0. The Kier molecular flexibility index (Phi) is 3.20. The van der Waals surface area contributed by atoms with Gasteiger partial charge in [0.05, 0.1) is 18.2 Å². The molecule has 0 radical (unpaired) electrons. The van der Waals surface area contributed by atoms with Crippen LogP contribution in [0.1, 0.15) is 11.7 Å². The number of benzene rings is 2. The van der Waals surface area contributed by atoms with Crippen LogP contribution in [0.25, 0.3) is 22.0 Å². The molecule has 0 fully saturated rings. The van der Waals surface area contributed by atoms with Crippen molar-refractivity contribution in [3.63, 3.8) is 0 Å². The quantitative estimate of drug-likeness (QED) is 0.674. The first kappa shape index (κ1) is 14.6. The van der Waals surface area contributed by atoms with Crippen molar-refractivity contribution in [2.75, 3.05) is 7.11 Å². The average molecular weight is 319 g/mol. The summed E-state index contributed by atoms with van der Waals surface area (Å²) in [5.74, 6) is 1.35. The molecule has 1 aromatic heterocycles. The van der Waals surface area contributed by atoms with E-state index in [2.05, 4.69) is 6.58 Å². The minimum absolute atomic E-state index is 0.0716. The Balaban J connectivity index is 2.14. The molecule has 120 valence electrons. The summed E-state index contributed by atoms with van der Waals surface area (Å²) in [7, 11) is 3.41. The van der Waals surface area contributed by atoms with E-state index in [0.717, 1.165) is 27.8 Å². The predicted octanol–water partition coefficient (Wildman–Crippen LogP) is 3.83. The SMILES string of the molecule is C=CC1Oc2c(c(=O)n(C)c3ccccc23)-c2ccc(OC)cc21. The molecule has 1 aliphatic rings. The lowest BCUT2D eigenvalue weighted by atomic mass is 9.92. The van der Waals surface area contributed by atoms with E-state index in [4.69, 9.17) is 9.47 Å². The molecular formula is C20H17NO3. The van der Waals surface area contributed by atoms with Crippen LogP contribution in [-0.4, -0.2) is 11.7 Å². The van der Waals surface area contributed by atoms with Crippen LogP contribution in [0.4, 0.5) is 0 Å². The molecule has 0 saturated heterocycles. The molecule has 1 aliphatic heterocycles. The predicted molar refractivity (Wildman–Crippen MR) is 94.7 cm³/mol. The second-order valence-electron chi connectivity index (χ2n) is 5.81. The molecular weight excluding hydrogens is 302 g/mol. The number of hydrogen-bond acceptors (Lipinski definition) is 3. The molecule has 4 rings (SSSR count). The van der Waals surface area contributed by atoms with E-state index in [9.17, 15) is 4.79 Å². The molecule has 2 heterocycles. The Morgan fingerprint density at radius 2 is 2.04 bits per heavy atom. The zero-order chi connectivity index (χ0) is 16.8. The van der Waals surface area contributed by atoms with Crippen molar-refractivity contribution in [2.45, 2.75) is 6.10 Å².